The number of rotatable bonds is 8. The Morgan fingerprint density at radius 2 is 1.63 bits per heavy atom. The van der Waals surface area contributed by atoms with E-state index >= 15 is 0 Å². The molecular weight excluding hydrogens is 248 g/mol. The minimum atomic E-state index is -0.725. The lowest BCUT2D eigenvalue weighted by Crippen LogP contribution is -2.15. The van der Waals surface area contributed by atoms with Crippen LogP contribution in [0.3, 0.4) is 0 Å². The summed E-state index contributed by atoms with van der Waals surface area (Å²) < 4.78 is 20.1. The van der Waals surface area contributed by atoms with Crippen molar-refractivity contribution >= 4 is 6.16 Å². The standard InChI is InChI=1S/C14H20O5/c1-3-16-8-9-17-10-11-18-14(15)19-13-6-4-12(2)5-7-13/h4-7H,3,8-11H2,1-2H3. The van der Waals surface area contributed by atoms with Crippen molar-refractivity contribution < 1.29 is 23.7 Å². The van der Waals surface area contributed by atoms with E-state index in [1.165, 1.54) is 0 Å². The minimum Gasteiger partial charge on any atom is -0.432 e. The molecule has 0 atom stereocenters. The average molecular weight is 268 g/mol. The highest BCUT2D eigenvalue weighted by Gasteiger charge is 2.05. The zero-order chi connectivity index (χ0) is 13.9. The van der Waals surface area contributed by atoms with Crippen molar-refractivity contribution in [2.75, 3.05) is 33.0 Å². The molecule has 0 aliphatic rings. The van der Waals surface area contributed by atoms with Gasteiger partial charge in [-0.1, -0.05) is 17.7 Å². The molecule has 0 saturated heterocycles. The number of carbonyl (C=O) groups is 1. The van der Waals surface area contributed by atoms with Crippen LogP contribution in [0.5, 0.6) is 5.75 Å². The summed E-state index contributed by atoms with van der Waals surface area (Å²) in [5.74, 6) is 0.466. The maximum Gasteiger partial charge on any atom is 0.513 e. The van der Waals surface area contributed by atoms with E-state index in [0.29, 0.717) is 32.2 Å². The van der Waals surface area contributed by atoms with Gasteiger partial charge in [0, 0.05) is 6.61 Å². The Balaban J connectivity index is 2.06. The Morgan fingerprint density at radius 1 is 1.00 bits per heavy atom. The smallest absolute Gasteiger partial charge is 0.432 e. The first kappa shape index (κ1) is 15.5. The molecule has 0 fully saturated rings. The number of hydrogen-bond acceptors (Lipinski definition) is 5. The Morgan fingerprint density at radius 3 is 2.32 bits per heavy atom. The molecule has 5 heteroatoms. The molecule has 0 saturated carbocycles. The fraction of sp³-hybridized carbons (Fsp3) is 0.500. The molecule has 0 heterocycles. The summed E-state index contributed by atoms with van der Waals surface area (Å²) >= 11 is 0. The molecule has 1 aromatic carbocycles. The lowest BCUT2D eigenvalue weighted by molar-refractivity contribution is 0.0232. The van der Waals surface area contributed by atoms with Crippen LogP contribution in [0.1, 0.15) is 12.5 Å². The second-order valence-electron chi connectivity index (χ2n) is 3.82. The predicted octanol–water partition coefficient (Wildman–Crippen LogP) is 2.56. The van der Waals surface area contributed by atoms with Crippen molar-refractivity contribution in [3.05, 3.63) is 29.8 Å². The second-order valence-corrected chi connectivity index (χ2v) is 3.82. The highest BCUT2D eigenvalue weighted by molar-refractivity contribution is 5.63. The summed E-state index contributed by atoms with van der Waals surface area (Å²) in [6.07, 6.45) is -0.725. The molecule has 0 unspecified atom stereocenters. The van der Waals surface area contributed by atoms with Gasteiger partial charge in [-0.05, 0) is 26.0 Å². The normalized spacial score (nSPS) is 10.2. The SMILES string of the molecule is CCOCCOCCOC(=O)Oc1ccc(C)cc1. The number of hydrogen-bond donors (Lipinski definition) is 0. The van der Waals surface area contributed by atoms with Gasteiger partial charge in [-0.2, -0.15) is 0 Å². The summed E-state index contributed by atoms with van der Waals surface area (Å²) in [5, 5.41) is 0. The fourth-order valence-corrected chi connectivity index (χ4v) is 1.28. The van der Waals surface area contributed by atoms with Gasteiger partial charge in [0.2, 0.25) is 0 Å². The Bertz CT molecular complexity index is 361. The van der Waals surface area contributed by atoms with Gasteiger partial charge in [0.05, 0.1) is 19.8 Å². The van der Waals surface area contributed by atoms with Crippen LogP contribution in [0.25, 0.3) is 0 Å². The van der Waals surface area contributed by atoms with Crippen molar-refractivity contribution in [2.45, 2.75) is 13.8 Å². The molecule has 0 radical (unpaired) electrons. The highest BCUT2D eigenvalue weighted by atomic mass is 16.7. The Hall–Kier alpha value is -1.59. The third-order valence-electron chi connectivity index (χ3n) is 2.25. The lowest BCUT2D eigenvalue weighted by Gasteiger charge is -2.07. The summed E-state index contributed by atoms with van der Waals surface area (Å²) in [6, 6.07) is 7.16. The third kappa shape index (κ3) is 7.43. The van der Waals surface area contributed by atoms with Gasteiger partial charge in [0.15, 0.2) is 0 Å². The molecule has 5 nitrogen and oxygen atoms in total. The van der Waals surface area contributed by atoms with E-state index in [4.69, 9.17) is 18.9 Å². The number of benzene rings is 1. The first-order valence-electron chi connectivity index (χ1n) is 6.29. The summed E-state index contributed by atoms with van der Waals surface area (Å²) in [7, 11) is 0. The van der Waals surface area contributed by atoms with Gasteiger partial charge in [-0.3, -0.25) is 0 Å². The van der Waals surface area contributed by atoms with Gasteiger partial charge >= 0.3 is 6.16 Å². The topological polar surface area (TPSA) is 54.0 Å². The molecule has 0 aliphatic carbocycles. The van der Waals surface area contributed by atoms with Gasteiger partial charge in [-0.15, -0.1) is 0 Å². The number of ether oxygens (including phenoxy) is 4. The quantitative estimate of drug-likeness (QED) is 0.412. The van der Waals surface area contributed by atoms with Crippen LogP contribution in [0.2, 0.25) is 0 Å². The predicted molar refractivity (Wildman–Crippen MR) is 70.5 cm³/mol. The Kier molecular flexibility index (Phi) is 7.62. The van der Waals surface area contributed by atoms with Crippen LogP contribution < -0.4 is 4.74 Å². The van der Waals surface area contributed by atoms with Gasteiger partial charge in [0.25, 0.3) is 0 Å². The van der Waals surface area contributed by atoms with Crippen LogP contribution in [0.4, 0.5) is 4.79 Å². The number of aryl methyl sites for hydroxylation is 1. The van der Waals surface area contributed by atoms with Gasteiger partial charge in [0.1, 0.15) is 12.4 Å². The van der Waals surface area contributed by atoms with E-state index < -0.39 is 6.16 Å². The summed E-state index contributed by atoms with van der Waals surface area (Å²) in [6.45, 7) is 6.08. The van der Waals surface area contributed by atoms with E-state index in [2.05, 4.69) is 0 Å². The van der Waals surface area contributed by atoms with Crippen LogP contribution in [0.15, 0.2) is 24.3 Å². The molecule has 1 aromatic rings. The summed E-state index contributed by atoms with van der Waals surface area (Å²) in [4.78, 5) is 11.3. The van der Waals surface area contributed by atoms with Crippen LogP contribution in [0, 0.1) is 6.92 Å². The Labute approximate surface area is 113 Å². The molecule has 19 heavy (non-hydrogen) atoms. The maximum atomic E-state index is 11.3. The highest BCUT2D eigenvalue weighted by Crippen LogP contribution is 2.11. The van der Waals surface area contributed by atoms with Crippen molar-refractivity contribution in [3.8, 4) is 5.75 Å². The molecular formula is C14H20O5. The first-order valence-corrected chi connectivity index (χ1v) is 6.29. The molecule has 0 amide bonds. The molecule has 0 aliphatic heterocycles. The van der Waals surface area contributed by atoms with Crippen molar-refractivity contribution in [1.29, 1.82) is 0 Å². The monoisotopic (exact) mass is 268 g/mol. The van der Waals surface area contributed by atoms with Crippen LogP contribution in [-0.4, -0.2) is 39.2 Å². The van der Waals surface area contributed by atoms with E-state index in [9.17, 15) is 4.79 Å². The van der Waals surface area contributed by atoms with E-state index in [0.717, 1.165) is 5.56 Å². The first-order chi connectivity index (χ1) is 9.22. The zero-order valence-corrected chi connectivity index (χ0v) is 11.4. The van der Waals surface area contributed by atoms with E-state index in [1.54, 1.807) is 12.1 Å². The fourth-order valence-electron chi connectivity index (χ4n) is 1.28. The molecule has 0 N–H and O–H groups in total. The zero-order valence-electron chi connectivity index (χ0n) is 11.4. The van der Waals surface area contributed by atoms with Crippen LogP contribution in [-0.2, 0) is 14.2 Å². The maximum absolute atomic E-state index is 11.3. The minimum absolute atomic E-state index is 0.164. The average Bonchev–Trinajstić information content (AvgIpc) is 2.40. The van der Waals surface area contributed by atoms with Crippen LogP contribution >= 0.6 is 0 Å². The molecule has 0 spiro atoms. The van der Waals surface area contributed by atoms with Gasteiger partial charge < -0.3 is 18.9 Å². The largest absolute Gasteiger partial charge is 0.513 e. The third-order valence-corrected chi connectivity index (χ3v) is 2.25. The molecule has 1 rings (SSSR count). The van der Waals surface area contributed by atoms with E-state index in [-0.39, 0.29) is 6.61 Å². The van der Waals surface area contributed by atoms with E-state index in [1.807, 2.05) is 26.0 Å². The molecule has 0 bridgehead atoms. The molecule has 106 valence electrons. The lowest BCUT2D eigenvalue weighted by atomic mass is 10.2. The van der Waals surface area contributed by atoms with Gasteiger partial charge in [-0.25, -0.2) is 4.79 Å². The molecule has 0 aromatic heterocycles. The second kappa shape index (κ2) is 9.35. The van der Waals surface area contributed by atoms with Crippen molar-refractivity contribution in [1.82, 2.24) is 0 Å². The van der Waals surface area contributed by atoms with Crippen molar-refractivity contribution in [3.63, 3.8) is 0 Å². The summed E-state index contributed by atoms with van der Waals surface area (Å²) in [5.41, 5.74) is 1.10. The number of carbonyl (C=O) groups excluding carboxylic acids is 1. The van der Waals surface area contributed by atoms with Crippen molar-refractivity contribution in [2.24, 2.45) is 0 Å².